The van der Waals surface area contributed by atoms with Gasteiger partial charge in [-0.1, -0.05) is 18.2 Å². The summed E-state index contributed by atoms with van der Waals surface area (Å²) in [5, 5.41) is 18.9. The van der Waals surface area contributed by atoms with Gasteiger partial charge in [-0.25, -0.2) is 9.79 Å². The number of halogens is 1. The fourth-order valence-electron chi connectivity index (χ4n) is 3.68. The van der Waals surface area contributed by atoms with Crippen molar-refractivity contribution in [3.8, 4) is 17.6 Å². The summed E-state index contributed by atoms with van der Waals surface area (Å²) in [4.78, 5) is 30.9. The molecule has 1 fully saturated rings. The topological polar surface area (TPSA) is 112 Å². The summed E-state index contributed by atoms with van der Waals surface area (Å²) >= 11 is 3.41. The average molecular weight is 639 g/mol. The summed E-state index contributed by atoms with van der Waals surface area (Å²) < 4.78 is 12.4. The van der Waals surface area contributed by atoms with E-state index in [1.165, 1.54) is 23.9 Å². The highest BCUT2D eigenvalue weighted by molar-refractivity contribution is 14.1. The van der Waals surface area contributed by atoms with Gasteiger partial charge in [0.15, 0.2) is 16.7 Å². The highest BCUT2D eigenvalue weighted by Gasteiger charge is 2.32. The number of nitriles is 1. The Morgan fingerprint density at radius 1 is 1.21 bits per heavy atom. The molecule has 0 unspecified atom stereocenters. The van der Waals surface area contributed by atoms with E-state index in [1.807, 2.05) is 31.2 Å². The van der Waals surface area contributed by atoms with Crippen LogP contribution in [0.5, 0.6) is 11.5 Å². The van der Waals surface area contributed by atoms with Crippen LogP contribution in [0, 0.1) is 14.9 Å². The minimum Gasteiger partial charge on any atom is -0.493 e. The van der Waals surface area contributed by atoms with Crippen molar-refractivity contribution in [2.75, 3.05) is 13.7 Å². The van der Waals surface area contributed by atoms with E-state index in [1.54, 1.807) is 42.4 Å². The molecule has 0 radical (unpaired) electrons. The lowest BCUT2D eigenvalue weighted by atomic mass is 10.1. The molecule has 3 aromatic rings. The summed E-state index contributed by atoms with van der Waals surface area (Å²) in [5.41, 5.74) is 2.81. The summed E-state index contributed by atoms with van der Waals surface area (Å²) in [7, 11) is 1.55. The van der Waals surface area contributed by atoms with Crippen molar-refractivity contribution in [3.63, 3.8) is 0 Å². The first kappa shape index (κ1) is 27.2. The van der Waals surface area contributed by atoms with Gasteiger partial charge in [-0.2, -0.15) is 5.26 Å². The Kier molecular flexibility index (Phi) is 8.70. The molecule has 1 aliphatic rings. The number of carbonyl (C=O) groups is 2. The van der Waals surface area contributed by atoms with Gasteiger partial charge in [0, 0.05) is 12.1 Å². The number of carbonyl (C=O) groups excluding carboxylic acids is 1. The standard InChI is InChI=1S/C28H22IN3O5S/c1-3-32-26(33)24(38-28(32)31-21-10-8-18(9-11-21)27(34)35)14-17-12-22(29)25(23(13-17)36-2)37-16-20-7-5-4-6-19(20)15-30/h4-14H,3,16H2,1-2H3,(H,34,35). The van der Waals surface area contributed by atoms with E-state index in [9.17, 15) is 14.9 Å². The molecule has 1 heterocycles. The molecule has 192 valence electrons. The molecule has 0 saturated carbocycles. The second-order valence-electron chi connectivity index (χ2n) is 8.00. The first-order chi connectivity index (χ1) is 18.3. The number of benzene rings is 3. The first-order valence-corrected chi connectivity index (χ1v) is 13.4. The quantitative estimate of drug-likeness (QED) is 0.235. The Bertz CT molecular complexity index is 1500. The van der Waals surface area contributed by atoms with Crippen molar-refractivity contribution < 1.29 is 24.2 Å². The summed E-state index contributed by atoms with van der Waals surface area (Å²) in [6, 6.07) is 19.3. The number of hydrogen-bond donors (Lipinski definition) is 1. The van der Waals surface area contributed by atoms with Crippen molar-refractivity contribution in [3.05, 3.63) is 91.4 Å². The number of amidine groups is 1. The maximum atomic E-state index is 13.1. The number of amides is 1. The first-order valence-electron chi connectivity index (χ1n) is 11.5. The van der Waals surface area contributed by atoms with Gasteiger partial charge < -0.3 is 14.6 Å². The van der Waals surface area contributed by atoms with Gasteiger partial charge in [0.1, 0.15) is 6.61 Å². The Hall–Kier alpha value is -3.82. The van der Waals surface area contributed by atoms with Crippen molar-refractivity contribution in [2.24, 2.45) is 4.99 Å². The van der Waals surface area contributed by atoms with Gasteiger partial charge in [0.25, 0.3) is 5.91 Å². The Morgan fingerprint density at radius 2 is 1.95 bits per heavy atom. The zero-order chi connectivity index (χ0) is 27.2. The number of aliphatic imine (C=N–C) groups is 1. The zero-order valence-electron chi connectivity index (χ0n) is 20.5. The number of aromatic carboxylic acids is 1. The highest BCUT2D eigenvalue weighted by Crippen LogP contribution is 2.38. The lowest BCUT2D eigenvalue weighted by Crippen LogP contribution is -2.28. The van der Waals surface area contributed by atoms with E-state index in [-0.39, 0.29) is 18.1 Å². The van der Waals surface area contributed by atoms with E-state index < -0.39 is 5.97 Å². The van der Waals surface area contributed by atoms with E-state index in [0.29, 0.717) is 39.4 Å². The van der Waals surface area contributed by atoms with Crippen molar-refractivity contribution in [1.29, 1.82) is 5.26 Å². The molecule has 1 saturated heterocycles. The van der Waals surface area contributed by atoms with Gasteiger partial charge in [0.05, 0.1) is 38.5 Å². The molecular weight excluding hydrogens is 617 g/mol. The Labute approximate surface area is 237 Å². The minimum atomic E-state index is -1.01. The van der Waals surface area contributed by atoms with Crippen LogP contribution in [0.1, 0.15) is 34.0 Å². The van der Waals surface area contributed by atoms with Crippen LogP contribution in [0.3, 0.4) is 0 Å². The molecular formula is C28H22IN3O5S. The molecule has 38 heavy (non-hydrogen) atoms. The van der Waals surface area contributed by atoms with E-state index in [4.69, 9.17) is 14.6 Å². The molecule has 4 rings (SSSR count). The third-order valence-electron chi connectivity index (χ3n) is 5.60. The summed E-state index contributed by atoms with van der Waals surface area (Å²) in [5.74, 6) is -0.117. The Balaban J connectivity index is 1.59. The summed E-state index contributed by atoms with van der Waals surface area (Å²) in [6.07, 6.45) is 1.78. The number of methoxy groups -OCH3 is 1. The molecule has 0 spiro atoms. The molecule has 1 N–H and O–H groups in total. The largest absolute Gasteiger partial charge is 0.493 e. The molecule has 0 atom stereocenters. The van der Waals surface area contributed by atoms with Crippen LogP contribution in [0.4, 0.5) is 5.69 Å². The van der Waals surface area contributed by atoms with Crippen molar-refractivity contribution in [2.45, 2.75) is 13.5 Å². The van der Waals surface area contributed by atoms with Crippen LogP contribution >= 0.6 is 34.4 Å². The third-order valence-corrected chi connectivity index (χ3v) is 7.41. The number of nitrogens with zero attached hydrogens (tertiary/aromatic N) is 3. The maximum absolute atomic E-state index is 13.1. The number of hydrogen-bond acceptors (Lipinski definition) is 7. The van der Waals surface area contributed by atoms with Crippen LogP contribution in [0.15, 0.2) is 70.6 Å². The van der Waals surface area contributed by atoms with E-state index >= 15 is 0 Å². The number of rotatable bonds is 8. The van der Waals surface area contributed by atoms with Crippen molar-refractivity contribution in [1.82, 2.24) is 4.90 Å². The van der Waals surface area contributed by atoms with Gasteiger partial charge >= 0.3 is 5.97 Å². The molecule has 0 aromatic heterocycles. The number of carboxylic acid groups (broad SMARTS) is 1. The molecule has 1 amide bonds. The second kappa shape index (κ2) is 12.1. The zero-order valence-corrected chi connectivity index (χ0v) is 23.4. The van der Waals surface area contributed by atoms with Gasteiger partial charge in [0.2, 0.25) is 0 Å². The van der Waals surface area contributed by atoms with Crippen LogP contribution in [0.25, 0.3) is 6.08 Å². The molecule has 0 bridgehead atoms. The fourth-order valence-corrected chi connectivity index (χ4v) is 5.52. The van der Waals surface area contributed by atoms with Gasteiger partial charge in [-0.3, -0.25) is 9.69 Å². The number of carboxylic acids is 1. The summed E-state index contributed by atoms with van der Waals surface area (Å²) in [6.45, 7) is 2.52. The lowest BCUT2D eigenvalue weighted by molar-refractivity contribution is -0.122. The maximum Gasteiger partial charge on any atom is 0.335 e. The number of ether oxygens (including phenoxy) is 2. The predicted molar refractivity (Wildman–Crippen MR) is 155 cm³/mol. The van der Waals surface area contributed by atoms with Crippen LogP contribution in [0.2, 0.25) is 0 Å². The molecule has 8 nitrogen and oxygen atoms in total. The monoisotopic (exact) mass is 639 g/mol. The number of likely N-dealkylation sites (N-methyl/N-ethyl adjacent to an activating group) is 1. The smallest absolute Gasteiger partial charge is 0.335 e. The van der Waals surface area contributed by atoms with Crippen molar-refractivity contribution >= 4 is 63.2 Å². The lowest BCUT2D eigenvalue weighted by Gasteiger charge is -2.14. The molecule has 0 aliphatic carbocycles. The normalized spacial score (nSPS) is 15.1. The van der Waals surface area contributed by atoms with Gasteiger partial charge in [-0.05, 0) is 95.4 Å². The highest BCUT2D eigenvalue weighted by atomic mass is 127. The van der Waals surface area contributed by atoms with Gasteiger partial charge in [-0.15, -0.1) is 0 Å². The average Bonchev–Trinajstić information content (AvgIpc) is 3.21. The predicted octanol–water partition coefficient (Wildman–Crippen LogP) is 6.07. The third kappa shape index (κ3) is 6.00. The fraction of sp³-hybridized carbons (Fsp3) is 0.143. The molecule has 3 aromatic carbocycles. The molecule has 1 aliphatic heterocycles. The minimum absolute atomic E-state index is 0.166. The van der Waals surface area contributed by atoms with Crippen LogP contribution in [-0.2, 0) is 11.4 Å². The van der Waals surface area contributed by atoms with E-state index in [0.717, 1.165) is 14.7 Å². The number of thioether (sulfide) groups is 1. The van der Waals surface area contributed by atoms with Crippen LogP contribution < -0.4 is 9.47 Å². The van der Waals surface area contributed by atoms with E-state index in [2.05, 4.69) is 33.7 Å². The molecule has 10 heteroatoms. The Morgan fingerprint density at radius 3 is 2.61 bits per heavy atom. The SMILES string of the molecule is CCN1C(=O)C(=Cc2cc(I)c(OCc3ccccc3C#N)c(OC)c2)SC1=Nc1ccc(C(=O)O)cc1. The van der Waals surface area contributed by atoms with Crippen LogP contribution in [-0.4, -0.2) is 40.7 Å². The second-order valence-corrected chi connectivity index (χ2v) is 10.2.